The van der Waals surface area contributed by atoms with Gasteiger partial charge in [0.15, 0.2) is 0 Å². The maximum atomic E-state index is 6.03. The van der Waals surface area contributed by atoms with Crippen LogP contribution < -0.4 is 5.73 Å². The fourth-order valence-corrected chi connectivity index (χ4v) is 1.79. The van der Waals surface area contributed by atoms with Crippen LogP contribution in [0.25, 0.3) is 0 Å². The Morgan fingerprint density at radius 3 is 2.67 bits per heavy atom. The zero-order valence-corrected chi connectivity index (χ0v) is 9.29. The molecule has 1 aromatic carbocycles. The molecule has 1 heterocycles. The molecule has 1 unspecified atom stereocenters. The van der Waals surface area contributed by atoms with E-state index in [4.69, 9.17) is 33.4 Å². The summed E-state index contributed by atoms with van der Waals surface area (Å²) < 4.78 is 5.22. The Morgan fingerprint density at radius 1 is 1.20 bits per heavy atom. The van der Waals surface area contributed by atoms with Gasteiger partial charge in [-0.3, -0.25) is 0 Å². The maximum absolute atomic E-state index is 6.03. The third kappa shape index (κ3) is 2.17. The molecule has 1 aromatic heterocycles. The van der Waals surface area contributed by atoms with Crippen molar-refractivity contribution < 1.29 is 4.42 Å². The molecule has 0 radical (unpaired) electrons. The number of halogens is 2. The van der Waals surface area contributed by atoms with Crippen LogP contribution in [0.15, 0.2) is 41.0 Å². The first-order valence-electron chi connectivity index (χ1n) is 4.42. The third-order valence-electron chi connectivity index (χ3n) is 2.14. The summed E-state index contributed by atoms with van der Waals surface area (Å²) in [5.41, 5.74) is 6.76. The second-order valence-corrected chi connectivity index (χ2v) is 4.00. The standard InChI is InChI=1S/C11H9Cl2NO/c12-7-3-4-9(13)8(6-7)11(14)10-2-1-5-15-10/h1-6,11H,14H2. The van der Waals surface area contributed by atoms with Gasteiger partial charge in [-0.15, -0.1) is 0 Å². The van der Waals surface area contributed by atoms with Gasteiger partial charge in [0.2, 0.25) is 0 Å². The Bertz CT molecular complexity index is 454. The van der Waals surface area contributed by atoms with Gasteiger partial charge in [-0.2, -0.15) is 0 Å². The quantitative estimate of drug-likeness (QED) is 0.873. The molecule has 0 aliphatic carbocycles. The largest absolute Gasteiger partial charge is 0.467 e. The molecule has 2 rings (SSSR count). The molecular weight excluding hydrogens is 233 g/mol. The first-order chi connectivity index (χ1) is 7.18. The average molecular weight is 242 g/mol. The van der Waals surface area contributed by atoms with Crippen molar-refractivity contribution in [1.82, 2.24) is 0 Å². The lowest BCUT2D eigenvalue weighted by Crippen LogP contribution is -2.11. The molecule has 78 valence electrons. The van der Waals surface area contributed by atoms with E-state index in [-0.39, 0.29) is 6.04 Å². The molecule has 0 amide bonds. The van der Waals surface area contributed by atoms with E-state index in [0.29, 0.717) is 15.8 Å². The van der Waals surface area contributed by atoms with E-state index in [2.05, 4.69) is 0 Å². The molecule has 2 aromatic rings. The van der Waals surface area contributed by atoms with Crippen LogP contribution in [0.2, 0.25) is 10.0 Å². The van der Waals surface area contributed by atoms with Crippen LogP contribution in [0.1, 0.15) is 17.4 Å². The van der Waals surface area contributed by atoms with E-state index >= 15 is 0 Å². The first kappa shape index (κ1) is 10.6. The molecule has 2 nitrogen and oxygen atoms in total. The molecule has 0 saturated heterocycles. The average Bonchev–Trinajstić information content (AvgIpc) is 2.74. The SMILES string of the molecule is NC(c1ccco1)c1cc(Cl)ccc1Cl. The Kier molecular flexibility index (Phi) is 3.00. The van der Waals surface area contributed by atoms with Crippen LogP contribution in [0.3, 0.4) is 0 Å². The van der Waals surface area contributed by atoms with Gasteiger partial charge in [0.05, 0.1) is 12.3 Å². The van der Waals surface area contributed by atoms with Crippen molar-refractivity contribution in [3.05, 3.63) is 58.0 Å². The van der Waals surface area contributed by atoms with Gasteiger partial charge in [0.25, 0.3) is 0 Å². The van der Waals surface area contributed by atoms with E-state index in [0.717, 1.165) is 5.56 Å². The minimum absolute atomic E-state index is 0.383. The summed E-state index contributed by atoms with van der Waals surface area (Å²) in [5, 5.41) is 1.19. The van der Waals surface area contributed by atoms with E-state index in [9.17, 15) is 0 Å². The Balaban J connectivity index is 2.41. The van der Waals surface area contributed by atoms with Gasteiger partial charge < -0.3 is 10.2 Å². The van der Waals surface area contributed by atoms with E-state index < -0.39 is 0 Å². The lowest BCUT2D eigenvalue weighted by molar-refractivity contribution is 0.490. The predicted octanol–water partition coefficient (Wildman–Crippen LogP) is 3.63. The van der Waals surface area contributed by atoms with Crippen molar-refractivity contribution >= 4 is 23.2 Å². The van der Waals surface area contributed by atoms with E-state index in [1.54, 1.807) is 30.5 Å². The minimum Gasteiger partial charge on any atom is -0.467 e. The van der Waals surface area contributed by atoms with Crippen LogP contribution in [0.5, 0.6) is 0 Å². The van der Waals surface area contributed by atoms with Gasteiger partial charge in [-0.25, -0.2) is 0 Å². The van der Waals surface area contributed by atoms with E-state index in [1.807, 2.05) is 6.07 Å². The van der Waals surface area contributed by atoms with Crippen molar-refractivity contribution in [2.45, 2.75) is 6.04 Å². The summed E-state index contributed by atoms with van der Waals surface area (Å²) >= 11 is 11.9. The Labute approximate surface area is 97.6 Å². The van der Waals surface area contributed by atoms with Crippen molar-refractivity contribution in [3.63, 3.8) is 0 Å². The fourth-order valence-electron chi connectivity index (χ4n) is 1.37. The minimum atomic E-state index is -0.383. The highest BCUT2D eigenvalue weighted by Crippen LogP contribution is 2.29. The van der Waals surface area contributed by atoms with Crippen LogP contribution in [-0.4, -0.2) is 0 Å². The Morgan fingerprint density at radius 2 is 2.00 bits per heavy atom. The van der Waals surface area contributed by atoms with Gasteiger partial charge in [-0.05, 0) is 35.9 Å². The first-order valence-corrected chi connectivity index (χ1v) is 5.18. The number of rotatable bonds is 2. The monoisotopic (exact) mass is 241 g/mol. The fraction of sp³-hybridized carbons (Fsp3) is 0.0909. The second kappa shape index (κ2) is 4.27. The highest BCUT2D eigenvalue weighted by molar-refractivity contribution is 6.33. The van der Waals surface area contributed by atoms with Gasteiger partial charge >= 0.3 is 0 Å². The van der Waals surface area contributed by atoms with Crippen molar-refractivity contribution in [3.8, 4) is 0 Å². The summed E-state index contributed by atoms with van der Waals surface area (Å²) in [4.78, 5) is 0. The van der Waals surface area contributed by atoms with Crippen molar-refractivity contribution in [2.24, 2.45) is 5.73 Å². The zero-order chi connectivity index (χ0) is 10.8. The van der Waals surface area contributed by atoms with Gasteiger partial charge in [-0.1, -0.05) is 23.2 Å². The number of hydrogen-bond acceptors (Lipinski definition) is 2. The number of nitrogens with two attached hydrogens (primary N) is 1. The molecule has 1 atom stereocenters. The van der Waals surface area contributed by atoms with Gasteiger partial charge in [0, 0.05) is 10.0 Å². The van der Waals surface area contributed by atoms with Crippen LogP contribution >= 0.6 is 23.2 Å². The number of benzene rings is 1. The summed E-state index contributed by atoms with van der Waals surface area (Å²) in [5.74, 6) is 0.666. The van der Waals surface area contributed by atoms with Crippen molar-refractivity contribution in [2.75, 3.05) is 0 Å². The summed E-state index contributed by atoms with van der Waals surface area (Å²) in [6.45, 7) is 0. The summed E-state index contributed by atoms with van der Waals surface area (Å²) in [6, 6.07) is 8.41. The lowest BCUT2D eigenvalue weighted by atomic mass is 10.1. The number of furan rings is 1. The van der Waals surface area contributed by atoms with Crippen LogP contribution in [0, 0.1) is 0 Å². The molecule has 15 heavy (non-hydrogen) atoms. The summed E-state index contributed by atoms with van der Waals surface area (Å²) in [6.07, 6.45) is 1.58. The third-order valence-corrected chi connectivity index (χ3v) is 2.72. The molecule has 0 spiro atoms. The molecule has 0 aliphatic rings. The summed E-state index contributed by atoms with van der Waals surface area (Å²) in [7, 11) is 0. The topological polar surface area (TPSA) is 39.2 Å². The van der Waals surface area contributed by atoms with Gasteiger partial charge in [0.1, 0.15) is 5.76 Å². The molecule has 0 saturated carbocycles. The highest BCUT2D eigenvalue weighted by Gasteiger charge is 2.15. The molecule has 0 fully saturated rings. The smallest absolute Gasteiger partial charge is 0.125 e. The number of hydrogen-bond donors (Lipinski definition) is 1. The van der Waals surface area contributed by atoms with Crippen LogP contribution in [0.4, 0.5) is 0 Å². The maximum Gasteiger partial charge on any atom is 0.125 e. The highest BCUT2D eigenvalue weighted by atomic mass is 35.5. The van der Waals surface area contributed by atoms with E-state index in [1.165, 1.54) is 0 Å². The molecule has 0 bridgehead atoms. The van der Waals surface area contributed by atoms with Crippen LogP contribution in [-0.2, 0) is 0 Å². The lowest BCUT2D eigenvalue weighted by Gasteiger charge is -2.11. The predicted molar refractivity (Wildman–Crippen MR) is 61.2 cm³/mol. The molecule has 4 heteroatoms. The molecular formula is C11H9Cl2NO. The normalized spacial score (nSPS) is 12.7. The second-order valence-electron chi connectivity index (χ2n) is 3.16. The zero-order valence-electron chi connectivity index (χ0n) is 7.78. The Hall–Kier alpha value is -0.960. The molecule has 2 N–H and O–H groups in total. The molecule has 0 aliphatic heterocycles. The van der Waals surface area contributed by atoms with Crippen molar-refractivity contribution in [1.29, 1.82) is 0 Å².